The summed E-state index contributed by atoms with van der Waals surface area (Å²) in [6.07, 6.45) is 1.63. The first-order chi connectivity index (χ1) is 12.6. The van der Waals surface area contributed by atoms with Gasteiger partial charge in [-0.1, -0.05) is 6.07 Å². The molecule has 0 saturated carbocycles. The minimum atomic E-state index is -0.267. The minimum Gasteiger partial charge on any atom is -0.396 e. The van der Waals surface area contributed by atoms with Gasteiger partial charge in [-0.05, 0) is 37.5 Å². The first-order valence-electron chi connectivity index (χ1n) is 9.09. The Balaban J connectivity index is 0.00000364. The summed E-state index contributed by atoms with van der Waals surface area (Å²) in [7, 11) is 1.55. The maximum Gasteiger partial charge on any atom is 0.191 e. The molecule has 1 fully saturated rings. The third-order valence-corrected chi connectivity index (χ3v) is 4.63. The fourth-order valence-corrected chi connectivity index (χ4v) is 3.09. The standard InChI is InChI=1S/C19H30FN3O3.HI/c1-3-21-18(23-13-19(6-8-24)7-9-26-14-19)22-11-15-4-5-17(20)16(10-15)12-25-2;/h4-5,10,24H,3,6-9,11-14H2,1-2H3,(H2,21,22,23);1H. The molecule has 1 heterocycles. The van der Waals surface area contributed by atoms with Crippen molar-refractivity contribution in [3.05, 3.63) is 35.1 Å². The summed E-state index contributed by atoms with van der Waals surface area (Å²) in [5, 5.41) is 15.9. The molecule has 1 aromatic carbocycles. The summed E-state index contributed by atoms with van der Waals surface area (Å²) in [4.78, 5) is 4.59. The van der Waals surface area contributed by atoms with Gasteiger partial charge in [0.15, 0.2) is 5.96 Å². The molecule has 1 atom stereocenters. The van der Waals surface area contributed by atoms with Crippen molar-refractivity contribution in [3.63, 3.8) is 0 Å². The molecule has 6 nitrogen and oxygen atoms in total. The number of nitrogens with zero attached hydrogens (tertiary/aromatic N) is 1. The molecule has 1 aromatic rings. The van der Waals surface area contributed by atoms with Gasteiger partial charge in [0.05, 0.1) is 19.8 Å². The Morgan fingerprint density at radius 2 is 2.22 bits per heavy atom. The zero-order valence-electron chi connectivity index (χ0n) is 16.1. The van der Waals surface area contributed by atoms with Gasteiger partial charge in [0.1, 0.15) is 5.82 Å². The lowest BCUT2D eigenvalue weighted by molar-refractivity contribution is 0.127. The van der Waals surface area contributed by atoms with E-state index in [1.165, 1.54) is 6.07 Å². The van der Waals surface area contributed by atoms with Crippen molar-refractivity contribution in [3.8, 4) is 0 Å². The second-order valence-electron chi connectivity index (χ2n) is 6.68. The van der Waals surface area contributed by atoms with Crippen LogP contribution in [0.3, 0.4) is 0 Å². The van der Waals surface area contributed by atoms with Crippen molar-refractivity contribution in [2.45, 2.75) is 32.9 Å². The number of aliphatic imine (C=N–C) groups is 1. The fraction of sp³-hybridized carbons (Fsp3) is 0.632. The van der Waals surface area contributed by atoms with Gasteiger partial charge in [-0.3, -0.25) is 0 Å². The summed E-state index contributed by atoms with van der Waals surface area (Å²) in [6, 6.07) is 4.97. The van der Waals surface area contributed by atoms with Gasteiger partial charge in [-0.25, -0.2) is 9.38 Å². The topological polar surface area (TPSA) is 75.1 Å². The van der Waals surface area contributed by atoms with Crippen LogP contribution in [0.2, 0.25) is 0 Å². The molecule has 0 spiro atoms. The van der Waals surface area contributed by atoms with Gasteiger partial charge >= 0.3 is 0 Å². The molecule has 0 bridgehead atoms. The second-order valence-corrected chi connectivity index (χ2v) is 6.68. The van der Waals surface area contributed by atoms with Crippen LogP contribution in [0, 0.1) is 11.2 Å². The van der Waals surface area contributed by atoms with Crippen molar-refractivity contribution >= 4 is 29.9 Å². The van der Waals surface area contributed by atoms with E-state index in [1.54, 1.807) is 19.2 Å². The van der Waals surface area contributed by atoms with Crippen LogP contribution < -0.4 is 10.6 Å². The number of benzene rings is 1. The molecule has 3 N–H and O–H groups in total. The molecule has 154 valence electrons. The van der Waals surface area contributed by atoms with E-state index >= 15 is 0 Å². The highest BCUT2D eigenvalue weighted by molar-refractivity contribution is 14.0. The molecule has 2 rings (SSSR count). The zero-order chi connectivity index (χ0) is 18.8. The van der Waals surface area contributed by atoms with E-state index in [2.05, 4.69) is 15.6 Å². The van der Waals surface area contributed by atoms with Gasteiger partial charge in [-0.15, -0.1) is 24.0 Å². The first-order valence-corrected chi connectivity index (χ1v) is 9.09. The van der Waals surface area contributed by atoms with Crippen molar-refractivity contribution in [1.29, 1.82) is 0 Å². The van der Waals surface area contributed by atoms with Gasteiger partial charge in [0.25, 0.3) is 0 Å². The normalized spacial score (nSPS) is 19.6. The van der Waals surface area contributed by atoms with Crippen molar-refractivity contribution in [1.82, 2.24) is 10.6 Å². The van der Waals surface area contributed by atoms with E-state index in [-0.39, 0.29) is 48.4 Å². The van der Waals surface area contributed by atoms with Crippen LogP contribution in [0.1, 0.15) is 30.9 Å². The van der Waals surface area contributed by atoms with Crippen molar-refractivity contribution < 1.29 is 19.0 Å². The zero-order valence-corrected chi connectivity index (χ0v) is 18.4. The molecule has 0 radical (unpaired) electrons. The van der Waals surface area contributed by atoms with Gasteiger partial charge in [0.2, 0.25) is 0 Å². The largest absolute Gasteiger partial charge is 0.396 e. The Morgan fingerprint density at radius 3 is 2.85 bits per heavy atom. The van der Waals surface area contributed by atoms with E-state index in [1.807, 2.05) is 6.92 Å². The maximum atomic E-state index is 13.7. The molecule has 27 heavy (non-hydrogen) atoms. The van der Waals surface area contributed by atoms with Crippen LogP contribution in [-0.2, 0) is 22.6 Å². The quantitative estimate of drug-likeness (QED) is 0.279. The Bertz CT molecular complexity index is 596. The van der Waals surface area contributed by atoms with E-state index in [0.29, 0.717) is 37.6 Å². The van der Waals surface area contributed by atoms with E-state index in [9.17, 15) is 9.50 Å². The van der Waals surface area contributed by atoms with Crippen LogP contribution in [0.25, 0.3) is 0 Å². The molecular weight excluding hydrogens is 464 g/mol. The number of rotatable bonds is 9. The Morgan fingerprint density at radius 1 is 1.41 bits per heavy atom. The number of halogens is 2. The van der Waals surface area contributed by atoms with Gasteiger partial charge in [-0.2, -0.15) is 0 Å². The average molecular weight is 495 g/mol. The predicted octanol–water partition coefficient (Wildman–Crippen LogP) is 2.43. The lowest BCUT2D eigenvalue weighted by Crippen LogP contribution is -2.44. The van der Waals surface area contributed by atoms with E-state index in [0.717, 1.165) is 25.1 Å². The van der Waals surface area contributed by atoms with Crippen LogP contribution in [-0.4, -0.2) is 51.1 Å². The van der Waals surface area contributed by atoms with Crippen molar-refractivity contribution in [2.75, 3.05) is 40.0 Å². The first kappa shape index (κ1) is 24.1. The average Bonchev–Trinajstić information content (AvgIpc) is 3.09. The highest BCUT2D eigenvalue weighted by Gasteiger charge is 2.34. The number of hydrogen-bond acceptors (Lipinski definition) is 4. The van der Waals surface area contributed by atoms with E-state index in [4.69, 9.17) is 9.47 Å². The Hall–Kier alpha value is -0.970. The predicted molar refractivity (Wildman–Crippen MR) is 115 cm³/mol. The van der Waals surface area contributed by atoms with Crippen LogP contribution in [0.5, 0.6) is 0 Å². The second kappa shape index (κ2) is 12.5. The highest BCUT2D eigenvalue weighted by atomic mass is 127. The fourth-order valence-electron chi connectivity index (χ4n) is 3.09. The Labute approximate surface area is 177 Å². The SMILES string of the molecule is CCNC(=NCc1ccc(F)c(COC)c1)NCC1(CCO)CCOC1.I. The van der Waals surface area contributed by atoms with Gasteiger partial charge in [0, 0.05) is 44.4 Å². The number of aliphatic hydroxyl groups excluding tert-OH is 1. The molecule has 1 aliphatic heterocycles. The molecule has 8 heteroatoms. The third-order valence-electron chi connectivity index (χ3n) is 4.63. The monoisotopic (exact) mass is 495 g/mol. The number of hydrogen-bond donors (Lipinski definition) is 3. The lowest BCUT2D eigenvalue weighted by atomic mass is 9.84. The molecule has 1 unspecified atom stereocenters. The van der Waals surface area contributed by atoms with Gasteiger partial charge < -0.3 is 25.2 Å². The summed E-state index contributed by atoms with van der Waals surface area (Å²) >= 11 is 0. The summed E-state index contributed by atoms with van der Waals surface area (Å²) in [5.41, 5.74) is 1.40. The minimum absolute atomic E-state index is 0. The number of methoxy groups -OCH3 is 1. The molecule has 0 aliphatic carbocycles. The lowest BCUT2D eigenvalue weighted by Gasteiger charge is -2.27. The highest BCUT2D eigenvalue weighted by Crippen LogP contribution is 2.31. The number of aliphatic hydroxyl groups is 1. The summed E-state index contributed by atoms with van der Waals surface area (Å²) < 4.78 is 24.3. The maximum absolute atomic E-state index is 13.7. The molecule has 1 aliphatic rings. The van der Waals surface area contributed by atoms with Crippen LogP contribution in [0.15, 0.2) is 23.2 Å². The van der Waals surface area contributed by atoms with Crippen molar-refractivity contribution in [2.24, 2.45) is 10.4 Å². The summed E-state index contributed by atoms with van der Waals surface area (Å²) in [6.45, 7) is 5.66. The van der Waals surface area contributed by atoms with E-state index < -0.39 is 0 Å². The van der Waals surface area contributed by atoms with Crippen LogP contribution in [0.4, 0.5) is 4.39 Å². The summed E-state index contributed by atoms with van der Waals surface area (Å²) in [5.74, 6) is 0.436. The molecule has 1 saturated heterocycles. The molecule has 0 amide bonds. The molecule has 0 aromatic heterocycles. The van der Waals surface area contributed by atoms with Crippen LogP contribution >= 0.6 is 24.0 Å². The smallest absolute Gasteiger partial charge is 0.191 e. The third kappa shape index (κ3) is 7.52. The molecular formula is C19H31FIN3O3. The number of ether oxygens (including phenoxy) is 2. The Kier molecular flexibility index (Phi) is 11.1. The number of guanidine groups is 1. The number of nitrogens with one attached hydrogen (secondary N) is 2.